The fourth-order valence-corrected chi connectivity index (χ4v) is 0.236. The molecule has 10 heavy (non-hydrogen) atoms. The fourth-order valence-electron chi connectivity index (χ4n) is 0.236. The Bertz CT molecular complexity index is 199. The molecular weight excluding hydrogens is 130 g/mol. The molecule has 0 aliphatic heterocycles. The minimum absolute atomic E-state index is 0.649. The van der Waals surface area contributed by atoms with Gasteiger partial charge in [0.05, 0.1) is 0 Å². The summed E-state index contributed by atoms with van der Waals surface area (Å²) in [6.07, 6.45) is 1.48. The smallest absolute Gasteiger partial charge is 0.355 e. The summed E-state index contributed by atoms with van der Waals surface area (Å²) in [5, 5.41) is 2.14. The van der Waals surface area contributed by atoms with Crippen LogP contribution in [0.2, 0.25) is 0 Å². The minimum atomic E-state index is -0.649. The van der Waals surface area contributed by atoms with E-state index in [0.717, 1.165) is 0 Å². The highest BCUT2D eigenvalue weighted by molar-refractivity contribution is 5.70. The summed E-state index contributed by atoms with van der Waals surface area (Å²) in [4.78, 5) is 10.4. The van der Waals surface area contributed by atoms with Crippen LogP contribution in [0, 0.1) is 24.0 Å². The van der Waals surface area contributed by atoms with Crippen molar-refractivity contribution in [2.24, 2.45) is 0 Å². The van der Waals surface area contributed by atoms with Crippen LogP contribution in [-0.2, 0) is 4.74 Å². The molecule has 52 valence electrons. The Morgan fingerprint density at radius 2 is 2.10 bits per heavy atom. The van der Waals surface area contributed by atoms with Crippen LogP contribution in [0.15, 0.2) is 0 Å². The Labute approximate surface area is 59.8 Å². The topological polar surface area (TPSA) is 38.3 Å². The van der Waals surface area contributed by atoms with Crippen molar-refractivity contribution in [2.45, 2.75) is 13.8 Å². The summed E-state index contributed by atoms with van der Waals surface area (Å²) in [6, 6.07) is 2.31. The lowest BCUT2D eigenvalue weighted by molar-refractivity contribution is 0.196. The van der Waals surface area contributed by atoms with Crippen molar-refractivity contribution in [3.63, 3.8) is 0 Å². The predicted octanol–water partition coefficient (Wildman–Crippen LogP) is 0.674. The zero-order chi connectivity index (χ0) is 7.82. The zero-order valence-electron chi connectivity index (χ0n) is 5.82. The van der Waals surface area contributed by atoms with Gasteiger partial charge in [0.2, 0.25) is 0 Å². The van der Waals surface area contributed by atoms with Gasteiger partial charge in [0.25, 0.3) is 0 Å². The van der Waals surface area contributed by atoms with Gasteiger partial charge in [0, 0.05) is 13.0 Å². The molecule has 3 nitrogen and oxygen atoms in total. The summed E-state index contributed by atoms with van der Waals surface area (Å²) in [6.45, 7) is 3.17. The molecule has 0 heterocycles. The van der Waals surface area contributed by atoms with Gasteiger partial charge in [-0.1, -0.05) is 11.8 Å². The molecule has 0 fully saturated rings. The van der Waals surface area contributed by atoms with Crippen molar-refractivity contribution in [3.8, 4) is 24.0 Å². The number of alkyl carbamates (subject to hydrolysis) is 1. The van der Waals surface area contributed by atoms with Gasteiger partial charge in [-0.15, -0.1) is 0 Å². The van der Waals surface area contributed by atoms with E-state index in [-0.39, 0.29) is 0 Å². The molecule has 0 saturated heterocycles. The van der Waals surface area contributed by atoms with Crippen LogP contribution < -0.4 is 5.32 Å². The molecule has 0 atom stereocenters. The third kappa shape index (κ3) is 4.55. The van der Waals surface area contributed by atoms with Crippen molar-refractivity contribution in [1.82, 2.24) is 5.32 Å². The molecule has 1 N–H and O–H groups in total. The molecule has 0 radical (unpaired) electrons. The van der Waals surface area contributed by atoms with Crippen LogP contribution in [0.4, 0.5) is 4.79 Å². The van der Waals surface area contributed by atoms with E-state index in [0.29, 0.717) is 0 Å². The van der Waals surface area contributed by atoms with Gasteiger partial charge in [-0.2, -0.15) is 0 Å². The number of ether oxygens (including phenoxy) is 1. The van der Waals surface area contributed by atoms with Gasteiger partial charge in [-0.05, 0) is 6.92 Å². The van der Waals surface area contributed by atoms with Crippen molar-refractivity contribution in [1.29, 1.82) is 0 Å². The first-order chi connectivity index (χ1) is 4.81. The number of rotatable bonds is 0. The van der Waals surface area contributed by atoms with Crippen molar-refractivity contribution in [2.75, 3.05) is 0 Å². The summed E-state index contributed by atoms with van der Waals surface area (Å²) in [7, 11) is 0. The zero-order valence-corrected chi connectivity index (χ0v) is 5.82. The van der Waals surface area contributed by atoms with E-state index in [1.165, 1.54) is 0 Å². The second-order valence-electron chi connectivity index (χ2n) is 1.24. The molecule has 3 heteroatoms. The van der Waals surface area contributed by atoms with Crippen LogP contribution in [0.25, 0.3) is 0 Å². The molecule has 0 aromatic rings. The average Bonchev–Trinajstić information content (AvgIpc) is 1.97. The number of amides is 1. The first-order valence-corrected chi connectivity index (χ1v) is 2.61. The van der Waals surface area contributed by atoms with Crippen LogP contribution >= 0.6 is 0 Å². The van der Waals surface area contributed by atoms with Crippen LogP contribution in [0.5, 0.6) is 0 Å². The largest absolute Gasteiger partial charge is 0.432 e. The van der Waals surface area contributed by atoms with Crippen LogP contribution in [-0.4, -0.2) is 6.09 Å². The monoisotopic (exact) mass is 137 g/mol. The Morgan fingerprint density at radius 1 is 1.40 bits per heavy atom. The highest BCUT2D eigenvalue weighted by atomic mass is 16.5. The average molecular weight is 137 g/mol. The maximum absolute atomic E-state index is 10.4. The Morgan fingerprint density at radius 3 is 2.60 bits per heavy atom. The van der Waals surface area contributed by atoms with Gasteiger partial charge in [-0.25, -0.2) is 10.1 Å². The third-order valence-corrected chi connectivity index (χ3v) is 0.535. The lowest BCUT2D eigenvalue weighted by Crippen LogP contribution is -2.16. The van der Waals surface area contributed by atoms with E-state index in [1.807, 2.05) is 0 Å². The molecule has 0 saturated carbocycles. The van der Waals surface area contributed by atoms with Gasteiger partial charge >= 0.3 is 6.09 Å². The Balaban J connectivity index is 3.58. The molecule has 0 aromatic carbocycles. The minimum Gasteiger partial charge on any atom is -0.355 e. The lowest BCUT2D eigenvalue weighted by atomic mass is 10.8. The summed E-state index contributed by atoms with van der Waals surface area (Å²) < 4.78 is 4.28. The predicted molar refractivity (Wildman–Crippen MR) is 36.5 cm³/mol. The molecule has 1 amide bonds. The summed E-state index contributed by atoms with van der Waals surface area (Å²) in [5.41, 5.74) is 0. The molecule has 0 aromatic heterocycles. The fraction of sp³-hybridized carbons (Fsp3) is 0.286. The van der Waals surface area contributed by atoms with Crippen molar-refractivity contribution in [3.05, 3.63) is 0 Å². The van der Waals surface area contributed by atoms with Crippen LogP contribution in [0.1, 0.15) is 13.8 Å². The molecule has 0 bridgehead atoms. The second kappa shape index (κ2) is 5.53. The number of carbonyl (C=O) groups excluding carboxylic acids is 1. The SMILES string of the molecule is CC#CNC(=O)OC#CC. The van der Waals surface area contributed by atoms with Gasteiger partial charge in [0.1, 0.15) is 6.11 Å². The van der Waals surface area contributed by atoms with Crippen LogP contribution in [0.3, 0.4) is 0 Å². The number of hydrogen-bond acceptors (Lipinski definition) is 2. The normalized spacial score (nSPS) is 5.80. The first kappa shape index (κ1) is 8.39. The maximum Gasteiger partial charge on any atom is 0.432 e. The van der Waals surface area contributed by atoms with E-state index in [9.17, 15) is 4.79 Å². The Kier molecular flexibility index (Phi) is 4.64. The van der Waals surface area contributed by atoms with Gasteiger partial charge < -0.3 is 4.74 Å². The third-order valence-electron chi connectivity index (χ3n) is 0.535. The van der Waals surface area contributed by atoms with Gasteiger partial charge in [-0.3, -0.25) is 0 Å². The molecule has 0 aliphatic rings. The standard InChI is InChI=1S/C7H7NO2/c1-3-5-8-7(9)10-6-4-2/h1-2H3,(H,8,9). The van der Waals surface area contributed by atoms with E-state index in [1.54, 1.807) is 13.8 Å². The van der Waals surface area contributed by atoms with Crippen molar-refractivity contribution < 1.29 is 9.53 Å². The maximum atomic E-state index is 10.4. The first-order valence-electron chi connectivity index (χ1n) is 2.61. The second-order valence-corrected chi connectivity index (χ2v) is 1.24. The number of hydrogen-bond donors (Lipinski definition) is 1. The molecule has 0 unspecified atom stereocenters. The quantitative estimate of drug-likeness (QED) is 0.393. The van der Waals surface area contributed by atoms with E-state index in [4.69, 9.17) is 0 Å². The molecule has 0 rings (SSSR count). The summed E-state index contributed by atoms with van der Waals surface area (Å²) in [5.74, 6) is 4.86. The summed E-state index contributed by atoms with van der Waals surface area (Å²) >= 11 is 0. The molecule has 0 spiro atoms. The van der Waals surface area contributed by atoms with E-state index < -0.39 is 6.09 Å². The highest BCUT2D eigenvalue weighted by Crippen LogP contribution is 1.70. The molecule has 0 aliphatic carbocycles. The van der Waals surface area contributed by atoms with E-state index in [2.05, 4.69) is 34.0 Å². The van der Waals surface area contributed by atoms with Gasteiger partial charge in [0.15, 0.2) is 0 Å². The molecular formula is C7H7NO2. The number of carbonyl (C=O) groups is 1. The Hall–Kier alpha value is -1.61. The highest BCUT2D eigenvalue weighted by Gasteiger charge is 1.92. The van der Waals surface area contributed by atoms with E-state index >= 15 is 0 Å². The lowest BCUT2D eigenvalue weighted by Gasteiger charge is -1.88. The number of nitrogens with one attached hydrogen (secondary N) is 1. The van der Waals surface area contributed by atoms with Crippen molar-refractivity contribution >= 4 is 6.09 Å².